The third kappa shape index (κ3) is 2.72. The average molecular weight is 336 g/mol. The number of fused-ring (bicyclic) bond motifs is 2. The Bertz CT molecular complexity index is 1100. The van der Waals surface area contributed by atoms with E-state index in [4.69, 9.17) is 4.42 Å². The summed E-state index contributed by atoms with van der Waals surface area (Å²) >= 11 is 1.54. The van der Waals surface area contributed by atoms with E-state index < -0.39 is 5.63 Å². The number of phenolic OH excluding ortho intramolecular Hbond substituents is 1. The fraction of sp³-hybridized carbons (Fsp3) is 0.0556. The van der Waals surface area contributed by atoms with E-state index in [9.17, 15) is 9.90 Å². The largest absolute Gasteiger partial charge is 0.508 e. The van der Waals surface area contributed by atoms with E-state index in [1.54, 1.807) is 18.5 Å². The van der Waals surface area contributed by atoms with Crippen molar-refractivity contribution in [2.24, 2.45) is 0 Å². The van der Waals surface area contributed by atoms with Gasteiger partial charge in [0, 0.05) is 28.7 Å². The number of para-hydroxylation sites is 1. The molecule has 2 heterocycles. The van der Waals surface area contributed by atoms with Crippen molar-refractivity contribution >= 4 is 33.6 Å². The molecule has 2 aromatic heterocycles. The molecule has 1 N–H and O–H groups in total. The van der Waals surface area contributed by atoms with E-state index in [1.807, 2.05) is 24.3 Å². The van der Waals surface area contributed by atoms with Crippen LogP contribution >= 0.6 is 11.8 Å². The quantitative estimate of drug-likeness (QED) is 0.349. The molecule has 118 valence electrons. The Morgan fingerprint density at radius 2 is 1.92 bits per heavy atom. The Kier molecular flexibility index (Phi) is 3.66. The maximum absolute atomic E-state index is 11.8. The van der Waals surface area contributed by atoms with Crippen molar-refractivity contribution in [1.82, 2.24) is 9.97 Å². The van der Waals surface area contributed by atoms with Crippen LogP contribution in [0.4, 0.5) is 0 Å². The molecular formula is C18H12N2O3S. The summed E-state index contributed by atoms with van der Waals surface area (Å²) in [6.45, 7) is 0. The van der Waals surface area contributed by atoms with Gasteiger partial charge in [-0.15, -0.1) is 11.8 Å². The van der Waals surface area contributed by atoms with Gasteiger partial charge in [0.05, 0.1) is 5.52 Å². The maximum atomic E-state index is 11.8. The summed E-state index contributed by atoms with van der Waals surface area (Å²) in [4.78, 5) is 20.4. The molecule has 0 unspecified atom stereocenters. The van der Waals surface area contributed by atoms with Gasteiger partial charge in [-0.25, -0.2) is 14.8 Å². The van der Waals surface area contributed by atoms with E-state index in [0.717, 1.165) is 26.9 Å². The summed E-state index contributed by atoms with van der Waals surface area (Å²) in [6, 6.07) is 14.1. The van der Waals surface area contributed by atoms with Crippen LogP contribution in [0.5, 0.6) is 5.75 Å². The molecule has 4 aromatic rings. The second kappa shape index (κ2) is 5.98. The van der Waals surface area contributed by atoms with Gasteiger partial charge in [-0.2, -0.15) is 0 Å². The molecule has 0 fully saturated rings. The first-order valence-corrected chi connectivity index (χ1v) is 8.27. The van der Waals surface area contributed by atoms with Crippen molar-refractivity contribution in [3.05, 3.63) is 70.8 Å². The van der Waals surface area contributed by atoms with E-state index in [-0.39, 0.29) is 5.75 Å². The molecule has 24 heavy (non-hydrogen) atoms. The topological polar surface area (TPSA) is 76.2 Å². The van der Waals surface area contributed by atoms with Crippen LogP contribution in [-0.4, -0.2) is 15.1 Å². The molecule has 4 rings (SSSR count). The van der Waals surface area contributed by atoms with E-state index in [2.05, 4.69) is 9.97 Å². The summed E-state index contributed by atoms with van der Waals surface area (Å²) in [5.41, 5.74) is 1.67. The molecule has 0 aliphatic rings. The summed E-state index contributed by atoms with van der Waals surface area (Å²) in [6.07, 6.45) is 1.54. The highest BCUT2D eigenvalue weighted by Gasteiger charge is 2.09. The maximum Gasteiger partial charge on any atom is 0.336 e. The summed E-state index contributed by atoms with van der Waals surface area (Å²) in [5.74, 6) is 0.630. The van der Waals surface area contributed by atoms with Gasteiger partial charge in [-0.05, 0) is 23.8 Å². The molecule has 0 atom stereocenters. The number of benzene rings is 2. The van der Waals surface area contributed by atoms with Crippen molar-refractivity contribution in [3.8, 4) is 5.75 Å². The third-order valence-electron chi connectivity index (χ3n) is 3.68. The predicted molar refractivity (Wildman–Crippen MR) is 93.2 cm³/mol. The van der Waals surface area contributed by atoms with Gasteiger partial charge in [0.2, 0.25) is 0 Å². The zero-order valence-corrected chi connectivity index (χ0v) is 13.3. The highest BCUT2D eigenvalue weighted by molar-refractivity contribution is 7.98. The van der Waals surface area contributed by atoms with Crippen molar-refractivity contribution in [3.63, 3.8) is 0 Å². The zero-order valence-electron chi connectivity index (χ0n) is 12.5. The normalized spacial score (nSPS) is 11.2. The lowest BCUT2D eigenvalue weighted by Gasteiger charge is -2.07. The molecule has 0 bridgehead atoms. The number of aromatic hydroxyl groups is 1. The smallest absolute Gasteiger partial charge is 0.336 e. The van der Waals surface area contributed by atoms with Crippen molar-refractivity contribution < 1.29 is 9.52 Å². The second-order valence-corrected chi connectivity index (χ2v) is 6.22. The summed E-state index contributed by atoms with van der Waals surface area (Å²) < 4.78 is 5.15. The first-order chi connectivity index (χ1) is 11.7. The molecule has 5 nitrogen and oxygen atoms in total. The first-order valence-electron chi connectivity index (χ1n) is 7.29. The second-order valence-electron chi connectivity index (χ2n) is 5.26. The Morgan fingerprint density at radius 1 is 1.04 bits per heavy atom. The highest BCUT2D eigenvalue weighted by Crippen LogP contribution is 2.30. The van der Waals surface area contributed by atoms with Gasteiger partial charge >= 0.3 is 5.63 Å². The predicted octanol–water partition coefficient (Wildman–Crippen LogP) is 3.73. The van der Waals surface area contributed by atoms with Gasteiger partial charge in [0.25, 0.3) is 0 Å². The Morgan fingerprint density at radius 3 is 2.83 bits per heavy atom. The van der Waals surface area contributed by atoms with Gasteiger partial charge in [-0.1, -0.05) is 18.2 Å². The molecule has 0 spiro atoms. The SMILES string of the molecule is O=c1cc(CSc2ncnc3ccccc23)c2ccc(O)cc2o1. The van der Waals surface area contributed by atoms with Gasteiger partial charge in [0.1, 0.15) is 22.7 Å². The standard InChI is InChI=1S/C18H12N2O3S/c21-12-5-6-13-11(7-17(22)23-16(13)8-12)9-24-18-14-3-1-2-4-15(14)19-10-20-18/h1-8,10,21H,9H2. The molecule has 0 amide bonds. The number of rotatable bonds is 3. The lowest BCUT2D eigenvalue weighted by molar-refractivity contribution is 0.473. The zero-order chi connectivity index (χ0) is 16.5. The van der Waals surface area contributed by atoms with Crippen LogP contribution in [0.2, 0.25) is 0 Å². The van der Waals surface area contributed by atoms with E-state index in [1.165, 1.54) is 23.9 Å². The van der Waals surface area contributed by atoms with Gasteiger partial charge in [0.15, 0.2) is 0 Å². The summed E-state index contributed by atoms with van der Waals surface area (Å²) in [7, 11) is 0. The average Bonchev–Trinajstić information content (AvgIpc) is 2.59. The number of aromatic nitrogens is 2. The summed E-state index contributed by atoms with van der Waals surface area (Å²) in [5, 5.41) is 12.2. The van der Waals surface area contributed by atoms with E-state index >= 15 is 0 Å². The molecule has 0 saturated heterocycles. The van der Waals surface area contributed by atoms with Gasteiger partial charge in [-0.3, -0.25) is 0 Å². The molecule has 0 radical (unpaired) electrons. The number of phenols is 1. The van der Waals surface area contributed by atoms with Crippen LogP contribution in [-0.2, 0) is 5.75 Å². The Hall–Kier alpha value is -2.86. The van der Waals surface area contributed by atoms with Gasteiger partial charge < -0.3 is 9.52 Å². The van der Waals surface area contributed by atoms with Crippen LogP contribution in [0.3, 0.4) is 0 Å². The van der Waals surface area contributed by atoms with Crippen LogP contribution in [0, 0.1) is 0 Å². The minimum atomic E-state index is -0.434. The molecule has 0 saturated carbocycles. The highest BCUT2D eigenvalue weighted by atomic mass is 32.2. The number of thioether (sulfide) groups is 1. The monoisotopic (exact) mass is 336 g/mol. The molecule has 6 heteroatoms. The molecule has 0 aliphatic carbocycles. The number of nitrogens with zero attached hydrogens (tertiary/aromatic N) is 2. The first kappa shape index (κ1) is 14.7. The van der Waals surface area contributed by atoms with E-state index in [0.29, 0.717) is 11.3 Å². The van der Waals surface area contributed by atoms with Crippen LogP contribution in [0.25, 0.3) is 21.9 Å². The van der Waals surface area contributed by atoms with Crippen molar-refractivity contribution in [2.75, 3.05) is 0 Å². The van der Waals surface area contributed by atoms with Crippen LogP contribution in [0.1, 0.15) is 5.56 Å². The molecular weight excluding hydrogens is 324 g/mol. The molecule has 0 aliphatic heterocycles. The number of hydrogen-bond acceptors (Lipinski definition) is 6. The number of hydrogen-bond donors (Lipinski definition) is 1. The lowest BCUT2D eigenvalue weighted by atomic mass is 10.1. The van der Waals surface area contributed by atoms with Crippen LogP contribution in [0.15, 0.2) is 69.1 Å². The van der Waals surface area contributed by atoms with Crippen molar-refractivity contribution in [1.29, 1.82) is 0 Å². The minimum absolute atomic E-state index is 0.0669. The fourth-order valence-electron chi connectivity index (χ4n) is 2.58. The Labute approximate surface area is 141 Å². The minimum Gasteiger partial charge on any atom is -0.508 e. The van der Waals surface area contributed by atoms with Crippen LogP contribution < -0.4 is 5.63 Å². The molecule has 2 aromatic carbocycles. The third-order valence-corrected chi connectivity index (χ3v) is 4.74. The fourth-order valence-corrected chi connectivity index (χ4v) is 3.56. The van der Waals surface area contributed by atoms with Crippen molar-refractivity contribution in [2.45, 2.75) is 10.8 Å². The lowest BCUT2D eigenvalue weighted by Crippen LogP contribution is -2.00. The Balaban J connectivity index is 1.73.